The maximum Gasteiger partial charge on any atom is 0.364 e. The predicted octanol–water partition coefficient (Wildman–Crippen LogP) is 1.96. The number of hydrogen-bond donors (Lipinski definition) is 0. The first-order chi connectivity index (χ1) is 12.5. The molecule has 2 aliphatic rings. The lowest BCUT2D eigenvalue weighted by molar-refractivity contribution is -0.118. The van der Waals surface area contributed by atoms with E-state index in [4.69, 9.17) is 4.84 Å². The van der Waals surface area contributed by atoms with Crippen LogP contribution in [0.4, 0.5) is 5.69 Å². The first-order valence-corrected chi connectivity index (χ1v) is 8.07. The number of anilines is 1. The van der Waals surface area contributed by atoms with Gasteiger partial charge in [0.25, 0.3) is 11.8 Å². The number of aryl methyl sites for hydroxylation is 1. The molecule has 2 aromatic carbocycles. The van der Waals surface area contributed by atoms with Gasteiger partial charge in [0.15, 0.2) is 0 Å². The number of imide groups is 1. The second-order valence-corrected chi connectivity index (χ2v) is 6.13. The van der Waals surface area contributed by atoms with Gasteiger partial charge < -0.3 is 9.74 Å². The van der Waals surface area contributed by atoms with Gasteiger partial charge >= 0.3 is 5.97 Å². The molecule has 2 heterocycles. The van der Waals surface area contributed by atoms with E-state index in [0.717, 1.165) is 5.56 Å². The second-order valence-electron chi connectivity index (χ2n) is 6.13. The summed E-state index contributed by atoms with van der Waals surface area (Å²) in [6.07, 6.45) is 1.02. The Balaban J connectivity index is 1.59. The normalized spacial score (nSPS) is 15.8. The summed E-state index contributed by atoms with van der Waals surface area (Å²) < 4.78 is 0. The van der Waals surface area contributed by atoms with Crippen LogP contribution in [0.15, 0.2) is 42.5 Å². The van der Waals surface area contributed by atoms with E-state index in [-0.39, 0.29) is 22.6 Å². The van der Waals surface area contributed by atoms with Gasteiger partial charge in [-0.2, -0.15) is 0 Å². The highest BCUT2D eigenvalue weighted by molar-refractivity contribution is 6.21. The minimum atomic E-state index is -0.839. The number of amides is 3. The molecule has 0 bridgehead atoms. The molecule has 7 nitrogen and oxygen atoms in total. The lowest BCUT2D eigenvalue weighted by Gasteiger charge is -2.26. The van der Waals surface area contributed by atoms with Crippen LogP contribution in [0.25, 0.3) is 0 Å². The van der Waals surface area contributed by atoms with Crippen molar-refractivity contribution in [2.75, 3.05) is 11.9 Å². The summed E-state index contributed by atoms with van der Waals surface area (Å²) in [6, 6.07) is 11.1. The van der Waals surface area contributed by atoms with Gasteiger partial charge in [-0.3, -0.25) is 14.4 Å². The molecule has 0 unspecified atom stereocenters. The van der Waals surface area contributed by atoms with Crippen molar-refractivity contribution in [2.45, 2.75) is 12.8 Å². The van der Waals surface area contributed by atoms with Crippen LogP contribution in [0.1, 0.15) is 43.1 Å². The second kappa shape index (κ2) is 5.80. The SMILES string of the molecule is CN1C(=O)CCc2ccc(C(=O)ON3C(=O)c4ccccc4C3=O)cc21. The van der Waals surface area contributed by atoms with Crippen LogP contribution in [0, 0.1) is 0 Å². The molecule has 26 heavy (non-hydrogen) atoms. The molecule has 2 aliphatic heterocycles. The van der Waals surface area contributed by atoms with Crippen LogP contribution < -0.4 is 4.90 Å². The van der Waals surface area contributed by atoms with Crippen molar-refractivity contribution in [2.24, 2.45) is 0 Å². The monoisotopic (exact) mass is 350 g/mol. The highest BCUT2D eigenvalue weighted by atomic mass is 16.7. The molecule has 3 amide bonds. The molecule has 4 rings (SSSR count). The van der Waals surface area contributed by atoms with E-state index in [9.17, 15) is 19.2 Å². The van der Waals surface area contributed by atoms with Gasteiger partial charge in [0, 0.05) is 19.2 Å². The van der Waals surface area contributed by atoms with Crippen LogP contribution >= 0.6 is 0 Å². The number of rotatable bonds is 2. The summed E-state index contributed by atoms with van der Waals surface area (Å²) in [4.78, 5) is 55.4. The Bertz CT molecular complexity index is 947. The standard InChI is InChI=1S/C19H14N2O5/c1-20-15-10-12(7-6-11(15)8-9-16(20)22)19(25)26-21-17(23)13-4-2-3-5-14(13)18(21)24/h2-7,10H,8-9H2,1H3. The highest BCUT2D eigenvalue weighted by Crippen LogP contribution is 2.29. The zero-order valence-corrected chi connectivity index (χ0v) is 13.9. The Morgan fingerprint density at radius 3 is 2.27 bits per heavy atom. The van der Waals surface area contributed by atoms with Crippen LogP contribution in [-0.4, -0.2) is 35.8 Å². The first-order valence-electron chi connectivity index (χ1n) is 8.07. The molecule has 130 valence electrons. The fourth-order valence-electron chi connectivity index (χ4n) is 3.14. The third kappa shape index (κ3) is 2.36. The van der Waals surface area contributed by atoms with E-state index in [2.05, 4.69) is 0 Å². The Morgan fingerprint density at radius 1 is 0.962 bits per heavy atom. The molecule has 0 saturated heterocycles. The lowest BCUT2D eigenvalue weighted by atomic mass is 9.99. The van der Waals surface area contributed by atoms with E-state index in [0.29, 0.717) is 23.6 Å². The van der Waals surface area contributed by atoms with Gasteiger partial charge in [-0.25, -0.2) is 4.79 Å². The van der Waals surface area contributed by atoms with Crippen LogP contribution in [0.3, 0.4) is 0 Å². The van der Waals surface area contributed by atoms with Gasteiger partial charge in [0.1, 0.15) is 0 Å². The van der Waals surface area contributed by atoms with Gasteiger partial charge in [0.05, 0.1) is 16.7 Å². The molecule has 0 radical (unpaired) electrons. The van der Waals surface area contributed by atoms with E-state index in [1.807, 2.05) is 0 Å². The molecule has 7 heteroatoms. The Kier molecular flexibility index (Phi) is 3.57. The Hall–Kier alpha value is -3.48. The number of hydroxylamine groups is 2. The minimum Gasteiger partial charge on any atom is -0.324 e. The zero-order valence-electron chi connectivity index (χ0n) is 13.9. The first kappa shape index (κ1) is 16.0. The average Bonchev–Trinajstić information content (AvgIpc) is 2.90. The maximum atomic E-state index is 12.4. The topological polar surface area (TPSA) is 84.0 Å². The van der Waals surface area contributed by atoms with Crippen molar-refractivity contribution in [3.8, 4) is 0 Å². The maximum absolute atomic E-state index is 12.4. The predicted molar refractivity (Wildman–Crippen MR) is 90.5 cm³/mol. The smallest absolute Gasteiger partial charge is 0.324 e. The lowest BCUT2D eigenvalue weighted by Crippen LogP contribution is -2.33. The summed E-state index contributed by atoms with van der Waals surface area (Å²) in [7, 11) is 1.64. The number of nitrogens with zero attached hydrogens (tertiary/aromatic N) is 2. The quantitative estimate of drug-likeness (QED) is 0.773. The van der Waals surface area contributed by atoms with Crippen molar-refractivity contribution in [3.05, 3.63) is 64.7 Å². The molecule has 0 aliphatic carbocycles. The van der Waals surface area contributed by atoms with Crippen molar-refractivity contribution in [1.82, 2.24) is 5.06 Å². The molecular weight excluding hydrogens is 336 g/mol. The summed E-state index contributed by atoms with van der Waals surface area (Å²) in [5.74, 6) is -2.23. The highest BCUT2D eigenvalue weighted by Gasteiger charge is 2.39. The van der Waals surface area contributed by atoms with E-state index in [1.54, 1.807) is 31.3 Å². The van der Waals surface area contributed by atoms with Gasteiger partial charge in [0.2, 0.25) is 5.91 Å². The molecule has 0 aromatic heterocycles. The Morgan fingerprint density at radius 2 is 1.62 bits per heavy atom. The number of hydrogen-bond acceptors (Lipinski definition) is 5. The molecule has 0 atom stereocenters. The Labute approximate surface area is 148 Å². The van der Waals surface area contributed by atoms with Crippen molar-refractivity contribution in [3.63, 3.8) is 0 Å². The minimum absolute atomic E-state index is 0.0386. The van der Waals surface area contributed by atoms with E-state index >= 15 is 0 Å². The molecular formula is C19H14N2O5. The molecule has 0 spiro atoms. The number of benzene rings is 2. The third-order valence-corrected chi connectivity index (χ3v) is 4.60. The van der Waals surface area contributed by atoms with Gasteiger partial charge in [-0.05, 0) is 36.2 Å². The van der Waals surface area contributed by atoms with Gasteiger partial charge in [-0.1, -0.05) is 23.3 Å². The number of carbonyl (C=O) groups is 4. The van der Waals surface area contributed by atoms with Crippen LogP contribution in [0.2, 0.25) is 0 Å². The third-order valence-electron chi connectivity index (χ3n) is 4.60. The number of fused-ring (bicyclic) bond motifs is 2. The number of carbonyl (C=O) groups excluding carboxylic acids is 4. The van der Waals surface area contributed by atoms with E-state index in [1.165, 1.54) is 23.1 Å². The molecule has 0 saturated carbocycles. The summed E-state index contributed by atoms with van der Waals surface area (Å²) in [5.41, 5.74) is 2.12. The largest absolute Gasteiger partial charge is 0.364 e. The van der Waals surface area contributed by atoms with Crippen molar-refractivity contribution in [1.29, 1.82) is 0 Å². The fourth-order valence-corrected chi connectivity index (χ4v) is 3.14. The summed E-state index contributed by atoms with van der Waals surface area (Å²) in [5, 5.41) is 0.474. The summed E-state index contributed by atoms with van der Waals surface area (Å²) in [6.45, 7) is 0. The van der Waals surface area contributed by atoms with Crippen LogP contribution in [-0.2, 0) is 16.1 Å². The summed E-state index contributed by atoms with van der Waals surface area (Å²) >= 11 is 0. The fraction of sp³-hybridized carbons (Fsp3) is 0.158. The van der Waals surface area contributed by atoms with Crippen molar-refractivity contribution >= 4 is 29.4 Å². The molecule has 2 aromatic rings. The van der Waals surface area contributed by atoms with Crippen molar-refractivity contribution < 1.29 is 24.0 Å². The zero-order chi connectivity index (χ0) is 18.4. The molecule has 0 N–H and O–H groups in total. The van der Waals surface area contributed by atoms with E-state index < -0.39 is 17.8 Å². The van der Waals surface area contributed by atoms with Gasteiger partial charge in [-0.15, -0.1) is 0 Å². The average molecular weight is 350 g/mol. The van der Waals surface area contributed by atoms with Crippen LogP contribution in [0.5, 0.6) is 0 Å². The molecule has 0 fully saturated rings.